The first-order valence-electron chi connectivity index (χ1n) is 9.65. The van der Waals surface area contributed by atoms with Crippen LogP contribution in [0.15, 0.2) is 41.3 Å². The van der Waals surface area contributed by atoms with Crippen LogP contribution in [0.25, 0.3) is 5.65 Å². The first-order chi connectivity index (χ1) is 14.1. The number of benzene rings is 1. The van der Waals surface area contributed by atoms with Gasteiger partial charge in [-0.05, 0) is 30.9 Å². The zero-order valence-corrected chi connectivity index (χ0v) is 16.2. The number of nitrogens with zero attached hydrogens (tertiary/aromatic N) is 3. The Morgan fingerprint density at radius 2 is 2.28 bits per heavy atom. The van der Waals surface area contributed by atoms with Gasteiger partial charge in [-0.15, -0.1) is 6.42 Å². The van der Waals surface area contributed by atoms with Gasteiger partial charge in [0.15, 0.2) is 5.65 Å². The van der Waals surface area contributed by atoms with Crippen LogP contribution in [0.2, 0.25) is 0 Å². The van der Waals surface area contributed by atoms with E-state index in [2.05, 4.69) is 33.0 Å². The quantitative estimate of drug-likeness (QED) is 0.516. The van der Waals surface area contributed by atoms with E-state index in [1.807, 2.05) is 12.1 Å². The normalized spacial score (nSPS) is 15.4. The van der Waals surface area contributed by atoms with E-state index >= 15 is 0 Å². The van der Waals surface area contributed by atoms with Crippen LogP contribution in [0.1, 0.15) is 46.6 Å². The lowest BCUT2D eigenvalue weighted by Gasteiger charge is -2.27. The molecule has 1 aromatic carbocycles. The molecule has 0 aliphatic heterocycles. The Balaban J connectivity index is 1.68. The molecule has 0 spiro atoms. The van der Waals surface area contributed by atoms with Crippen molar-refractivity contribution in [3.05, 3.63) is 69.3 Å². The molecule has 1 aliphatic carbocycles. The van der Waals surface area contributed by atoms with E-state index in [0.717, 1.165) is 12.8 Å². The number of aromatic nitrogens is 3. The Kier molecular flexibility index (Phi) is 5.19. The van der Waals surface area contributed by atoms with Gasteiger partial charge in [-0.25, -0.2) is 14.3 Å². The first kappa shape index (κ1) is 19.0. The van der Waals surface area contributed by atoms with Crippen LogP contribution in [-0.2, 0) is 17.7 Å². The van der Waals surface area contributed by atoms with Crippen molar-refractivity contribution in [3.8, 4) is 12.3 Å². The van der Waals surface area contributed by atoms with Crippen LogP contribution >= 0.6 is 0 Å². The largest absolute Gasteiger partial charge is 0.462 e. The monoisotopic (exact) mass is 390 g/mol. The highest BCUT2D eigenvalue weighted by atomic mass is 16.5. The van der Waals surface area contributed by atoms with Crippen molar-refractivity contribution < 1.29 is 9.53 Å². The minimum Gasteiger partial charge on any atom is -0.462 e. The molecule has 7 nitrogen and oxygen atoms in total. The number of hydrogen-bond acceptors (Lipinski definition) is 5. The third kappa shape index (κ3) is 3.55. The van der Waals surface area contributed by atoms with Gasteiger partial charge in [0.1, 0.15) is 5.56 Å². The molecule has 29 heavy (non-hydrogen) atoms. The van der Waals surface area contributed by atoms with Crippen LogP contribution in [0.4, 0.5) is 0 Å². The van der Waals surface area contributed by atoms with E-state index in [9.17, 15) is 9.59 Å². The maximum Gasteiger partial charge on any atom is 0.343 e. The van der Waals surface area contributed by atoms with Gasteiger partial charge in [-0.2, -0.15) is 0 Å². The summed E-state index contributed by atoms with van der Waals surface area (Å²) in [5, 5.41) is 2.76. The molecule has 3 aromatic rings. The molecule has 148 valence electrons. The number of carbonyl (C=O) groups is 1. The fraction of sp³-hybridized carbons (Fsp3) is 0.318. The van der Waals surface area contributed by atoms with Crippen molar-refractivity contribution in [1.82, 2.24) is 19.5 Å². The van der Waals surface area contributed by atoms with Crippen LogP contribution in [0.5, 0.6) is 0 Å². The van der Waals surface area contributed by atoms with Gasteiger partial charge < -0.3 is 4.74 Å². The number of H-pyrrole nitrogens is 1. The minimum absolute atomic E-state index is 0.179. The van der Waals surface area contributed by atoms with E-state index < -0.39 is 5.97 Å². The SMILES string of the molecule is C#CCN(Cc1cc(=O)n2[nH]cc(C(=O)OCC)c2n1)[C@@H]1CCc2ccccc21. The molecule has 4 rings (SSSR count). The number of rotatable bonds is 6. The number of aryl methyl sites for hydroxylation is 1. The average Bonchev–Trinajstić information content (AvgIpc) is 3.32. The van der Waals surface area contributed by atoms with Crippen molar-refractivity contribution >= 4 is 11.6 Å². The number of aromatic amines is 1. The molecule has 2 heterocycles. The number of nitrogens with one attached hydrogen (secondary N) is 1. The first-order valence-corrected chi connectivity index (χ1v) is 9.65. The molecule has 0 unspecified atom stereocenters. The second kappa shape index (κ2) is 7.94. The van der Waals surface area contributed by atoms with E-state index in [1.165, 1.54) is 27.9 Å². The summed E-state index contributed by atoms with van der Waals surface area (Å²) in [4.78, 5) is 31.4. The third-order valence-corrected chi connectivity index (χ3v) is 5.25. The summed E-state index contributed by atoms with van der Waals surface area (Å²) in [5.41, 5.74) is 3.39. The predicted molar refractivity (Wildman–Crippen MR) is 109 cm³/mol. The number of fused-ring (bicyclic) bond motifs is 2. The standard InChI is InChI=1S/C22H22N4O3/c1-3-11-25(19-10-9-15-7-5-6-8-17(15)19)14-16-12-20(27)26-21(24-16)18(13-23-26)22(28)29-4-2/h1,5-8,12-13,19,23H,4,9-11,14H2,2H3/t19-/m1/s1. The van der Waals surface area contributed by atoms with E-state index in [0.29, 0.717) is 18.8 Å². The van der Waals surface area contributed by atoms with Gasteiger partial charge in [0, 0.05) is 24.8 Å². The van der Waals surface area contributed by atoms with Crippen molar-refractivity contribution in [2.45, 2.75) is 32.4 Å². The number of ether oxygens (including phenoxy) is 1. The Morgan fingerprint density at radius 1 is 1.45 bits per heavy atom. The van der Waals surface area contributed by atoms with Crippen molar-refractivity contribution in [2.24, 2.45) is 0 Å². The molecule has 0 amide bonds. The van der Waals surface area contributed by atoms with Gasteiger partial charge in [0.25, 0.3) is 5.56 Å². The molecule has 1 N–H and O–H groups in total. The highest BCUT2D eigenvalue weighted by Gasteiger charge is 2.28. The third-order valence-electron chi connectivity index (χ3n) is 5.25. The molecule has 0 bridgehead atoms. The fourth-order valence-corrected chi connectivity index (χ4v) is 3.98. The highest BCUT2D eigenvalue weighted by molar-refractivity contribution is 5.95. The molecule has 7 heteroatoms. The van der Waals surface area contributed by atoms with Crippen LogP contribution in [0, 0.1) is 12.3 Å². The fourth-order valence-electron chi connectivity index (χ4n) is 3.98. The van der Waals surface area contributed by atoms with Crippen molar-refractivity contribution in [3.63, 3.8) is 0 Å². The van der Waals surface area contributed by atoms with E-state index in [-0.39, 0.29) is 29.4 Å². The summed E-state index contributed by atoms with van der Waals surface area (Å²) in [6, 6.07) is 10.0. The molecule has 2 aromatic heterocycles. The predicted octanol–water partition coefficient (Wildman–Crippen LogP) is 2.32. The van der Waals surface area contributed by atoms with Crippen molar-refractivity contribution in [1.29, 1.82) is 0 Å². The highest BCUT2D eigenvalue weighted by Crippen LogP contribution is 2.36. The van der Waals surface area contributed by atoms with Gasteiger partial charge in [0.2, 0.25) is 0 Å². The number of esters is 1. The Hall–Kier alpha value is -3.37. The van der Waals surface area contributed by atoms with Crippen molar-refractivity contribution in [2.75, 3.05) is 13.2 Å². The van der Waals surface area contributed by atoms with Gasteiger partial charge in [-0.1, -0.05) is 30.2 Å². The Labute approximate surface area is 168 Å². The number of hydrogen-bond donors (Lipinski definition) is 1. The Morgan fingerprint density at radius 3 is 3.07 bits per heavy atom. The molecular weight excluding hydrogens is 368 g/mol. The minimum atomic E-state index is -0.513. The van der Waals surface area contributed by atoms with Crippen LogP contribution in [-0.4, -0.2) is 38.6 Å². The van der Waals surface area contributed by atoms with Gasteiger partial charge >= 0.3 is 5.97 Å². The summed E-state index contributed by atoms with van der Waals surface area (Å²) in [7, 11) is 0. The lowest BCUT2D eigenvalue weighted by atomic mass is 10.1. The summed E-state index contributed by atoms with van der Waals surface area (Å²) in [6.45, 7) is 2.84. The summed E-state index contributed by atoms with van der Waals surface area (Å²) in [6.07, 6.45) is 9.04. The molecule has 1 aliphatic rings. The molecule has 0 saturated carbocycles. The number of terminal acetylenes is 1. The summed E-state index contributed by atoms with van der Waals surface area (Å²) >= 11 is 0. The zero-order chi connectivity index (χ0) is 20.4. The lowest BCUT2D eigenvalue weighted by Crippen LogP contribution is -2.29. The molecule has 0 fully saturated rings. The molecule has 1 atom stereocenters. The average molecular weight is 390 g/mol. The molecule has 0 radical (unpaired) electrons. The molecular formula is C22H22N4O3. The maximum absolute atomic E-state index is 12.5. The lowest BCUT2D eigenvalue weighted by molar-refractivity contribution is 0.0528. The van der Waals surface area contributed by atoms with Gasteiger partial charge in [-0.3, -0.25) is 14.8 Å². The summed E-state index contributed by atoms with van der Waals surface area (Å²) in [5.74, 6) is 2.21. The molecule has 0 saturated heterocycles. The zero-order valence-electron chi connectivity index (χ0n) is 16.2. The smallest absolute Gasteiger partial charge is 0.343 e. The topological polar surface area (TPSA) is 79.7 Å². The van der Waals surface area contributed by atoms with Gasteiger partial charge in [0.05, 0.1) is 18.8 Å². The summed E-state index contributed by atoms with van der Waals surface area (Å²) < 4.78 is 6.31. The van der Waals surface area contributed by atoms with E-state index in [1.54, 1.807) is 6.92 Å². The van der Waals surface area contributed by atoms with Crippen LogP contribution < -0.4 is 5.56 Å². The second-order valence-corrected chi connectivity index (χ2v) is 7.01. The van der Waals surface area contributed by atoms with Crippen LogP contribution in [0.3, 0.4) is 0 Å². The number of carbonyl (C=O) groups excluding carboxylic acids is 1. The van der Waals surface area contributed by atoms with E-state index in [4.69, 9.17) is 11.2 Å². The second-order valence-electron chi connectivity index (χ2n) is 7.01. The Bertz CT molecular complexity index is 1150. The maximum atomic E-state index is 12.5.